The topological polar surface area (TPSA) is 139 Å². The van der Waals surface area contributed by atoms with E-state index in [1.54, 1.807) is 4.68 Å². The summed E-state index contributed by atoms with van der Waals surface area (Å²) in [6, 6.07) is 24.3. The van der Waals surface area contributed by atoms with E-state index in [0.29, 0.717) is 30.5 Å². The van der Waals surface area contributed by atoms with Gasteiger partial charge >= 0.3 is 0 Å². The first-order valence-corrected chi connectivity index (χ1v) is 14.6. The quantitative estimate of drug-likeness (QED) is 0.275. The van der Waals surface area contributed by atoms with Gasteiger partial charge in [0.25, 0.3) is 0 Å². The van der Waals surface area contributed by atoms with Crippen molar-refractivity contribution in [3.63, 3.8) is 0 Å². The molecule has 3 aliphatic heterocycles. The third-order valence-electron chi connectivity index (χ3n) is 9.12. The van der Waals surface area contributed by atoms with Gasteiger partial charge < -0.3 is 25.4 Å². The smallest absolute Gasteiger partial charge is 0.247 e. The van der Waals surface area contributed by atoms with Gasteiger partial charge in [0.2, 0.25) is 17.7 Å². The van der Waals surface area contributed by atoms with Crippen LogP contribution in [-0.4, -0.2) is 67.1 Å². The van der Waals surface area contributed by atoms with Crippen molar-refractivity contribution in [2.24, 2.45) is 11.8 Å². The molecule has 0 saturated carbocycles. The van der Waals surface area contributed by atoms with Gasteiger partial charge in [0, 0.05) is 6.54 Å². The van der Waals surface area contributed by atoms with Gasteiger partial charge in [-0.15, -0.1) is 5.10 Å². The molecule has 2 unspecified atom stereocenters. The third kappa shape index (κ3) is 4.47. The van der Waals surface area contributed by atoms with Crippen molar-refractivity contribution < 1.29 is 24.2 Å². The Bertz CT molecular complexity index is 1660. The van der Waals surface area contributed by atoms with Crippen molar-refractivity contribution >= 4 is 28.8 Å². The average Bonchev–Trinajstić information content (AvgIpc) is 3.80. The SMILES string of the molecule is O=C(NCn1nnc2ccccc21)C1N([C@H](CO)c2ccccc2)C(=O)[C@@H]2[C@@H](C(=O)NCc3ccccc3)[C@H]3CCC12O3. The third-order valence-corrected chi connectivity index (χ3v) is 9.12. The molecule has 11 heteroatoms. The molecule has 3 saturated heterocycles. The molecule has 3 aliphatic rings. The van der Waals surface area contributed by atoms with Crippen LogP contribution in [0.2, 0.25) is 0 Å². The van der Waals surface area contributed by atoms with Crippen LogP contribution in [0.5, 0.6) is 0 Å². The Kier molecular flexibility index (Phi) is 6.91. The first kappa shape index (κ1) is 27.2. The fraction of sp³-hybridized carbons (Fsp3) is 0.344. The minimum absolute atomic E-state index is 0.0260. The lowest BCUT2D eigenvalue weighted by Gasteiger charge is -2.36. The number of nitrogens with zero attached hydrogens (tertiary/aromatic N) is 4. The zero-order valence-corrected chi connectivity index (χ0v) is 23.4. The highest BCUT2D eigenvalue weighted by Crippen LogP contribution is 2.59. The summed E-state index contributed by atoms with van der Waals surface area (Å²) in [5.74, 6) is -2.68. The maximum absolute atomic E-state index is 14.4. The lowest BCUT2D eigenvalue weighted by molar-refractivity contribution is -0.146. The van der Waals surface area contributed by atoms with Crippen LogP contribution in [0, 0.1) is 11.8 Å². The molecule has 7 rings (SSSR count). The summed E-state index contributed by atoms with van der Waals surface area (Å²) in [5.41, 5.74) is 1.88. The number of amides is 3. The molecule has 6 atom stereocenters. The molecule has 43 heavy (non-hydrogen) atoms. The molecule has 3 amide bonds. The fourth-order valence-corrected chi connectivity index (χ4v) is 7.24. The Morgan fingerprint density at radius 1 is 0.977 bits per heavy atom. The summed E-state index contributed by atoms with van der Waals surface area (Å²) in [7, 11) is 0. The van der Waals surface area contributed by atoms with Gasteiger partial charge in [0.05, 0.1) is 36.1 Å². The highest BCUT2D eigenvalue weighted by atomic mass is 16.5. The van der Waals surface area contributed by atoms with Crippen molar-refractivity contribution in [3.05, 3.63) is 96.1 Å². The number of rotatable bonds is 9. The molecule has 1 aromatic heterocycles. The number of para-hydroxylation sites is 1. The Labute approximate surface area is 247 Å². The van der Waals surface area contributed by atoms with Crippen LogP contribution in [0.15, 0.2) is 84.9 Å². The Morgan fingerprint density at radius 3 is 2.47 bits per heavy atom. The Morgan fingerprint density at radius 2 is 1.70 bits per heavy atom. The number of aliphatic hydroxyl groups is 1. The molecule has 1 spiro atoms. The van der Waals surface area contributed by atoms with Crippen LogP contribution in [0.4, 0.5) is 0 Å². The van der Waals surface area contributed by atoms with E-state index in [2.05, 4.69) is 20.9 Å². The molecule has 0 radical (unpaired) electrons. The van der Waals surface area contributed by atoms with Crippen LogP contribution in [0.1, 0.15) is 30.0 Å². The van der Waals surface area contributed by atoms with Gasteiger partial charge in [-0.05, 0) is 36.1 Å². The molecule has 0 aliphatic carbocycles. The van der Waals surface area contributed by atoms with Gasteiger partial charge in [-0.1, -0.05) is 78.0 Å². The van der Waals surface area contributed by atoms with E-state index < -0.39 is 48.1 Å². The van der Waals surface area contributed by atoms with Crippen LogP contribution in [0.25, 0.3) is 11.0 Å². The molecule has 220 valence electrons. The van der Waals surface area contributed by atoms with Gasteiger partial charge in [0.15, 0.2) is 0 Å². The maximum atomic E-state index is 14.4. The number of fused-ring (bicyclic) bond motifs is 2. The standard InChI is InChI=1S/C32H32N6O5/c39-18-24(21-11-5-2-6-12-21)38-28(30(41)34-19-37-23-14-8-7-13-22(23)35-36-37)32-16-15-25(43-32)26(27(32)31(38)42)29(40)33-17-20-9-3-1-4-10-20/h1-14,24-28,39H,15-19H2,(H,33,40)(H,34,41)/t24-,25-,26+,27+,28?,32?/m1/s1. The molecule has 3 N–H and O–H groups in total. The highest BCUT2D eigenvalue weighted by Gasteiger charge is 2.75. The number of aliphatic hydroxyl groups excluding tert-OH is 1. The van der Waals surface area contributed by atoms with E-state index >= 15 is 0 Å². The van der Waals surface area contributed by atoms with Crippen molar-refractivity contribution in [1.82, 2.24) is 30.5 Å². The van der Waals surface area contributed by atoms with Crippen LogP contribution in [0.3, 0.4) is 0 Å². The zero-order valence-electron chi connectivity index (χ0n) is 23.4. The summed E-state index contributed by atoms with van der Waals surface area (Å²) < 4.78 is 8.12. The number of hydrogen-bond donors (Lipinski definition) is 3. The molecule has 4 aromatic rings. The van der Waals surface area contributed by atoms with E-state index in [1.807, 2.05) is 84.9 Å². The van der Waals surface area contributed by atoms with Crippen molar-refractivity contribution in [2.75, 3.05) is 6.61 Å². The normalized spacial score (nSPS) is 26.4. The van der Waals surface area contributed by atoms with Gasteiger partial charge in [-0.2, -0.15) is 0 Å². The average molecular weight is 581 g/mol. The molecule has 2 bridgehead atoms. The monoisotopic (exact) mass is 580 g/mol. The van der Waals surface area contributed by atoms with E-state index in [-0.39, 0.29) is 18.5 Å². The van der Waals surface area contributed by atoms with Crippen LogP contribution in [-0.2, 0) is 32.3 Å². The Balaban J connectivity index is 1.21. The molecular formula is C32H32N6O5. The minimum Gasteiger partial charge on any atom is -0.394 e. The van der Waals surface area contributed by atoms with E-state index in [1.165, 1.54) is 4.90 Å². The molecule has 3 fully saturated rings. The van der Waals surface area contributed by atoms with Crippen LogP contribution < -0.4 is 10.6 Å². The number of benzene rings is 3. The number of carbonyl (C=O) groups excluding carboxylic acids is 3. The first-order chi connectivity index (χ1) is 21.0. The second kappa shape index (κ2) is 10.9. The molecule has 3 aromatic carbocycles. The summed E-state index contributed by atoms with van der Waals surface area (Å²) in [6.07, 6.45) is 0.517. The van der Waals surface area contributed by atoms with E-state index in [0.717, 1.165) is 11.1 Å². The van der Waals surface area contributed by atoms with Gasteiger partial charge in [0.1, 0.15) is 23.8 Å². The number of ether oxygens (including phenoxy) is 1. The van der Waals surface area contributed by atoms with Crippen molar-refractivity contribution in [2.45, 2.75) is 49.8 Å². The summed E-state index contributed by atoms with van der Waals surface area (Å²) >= 11 is 0. The van der Waals surface area contributed by atoms with Gasteiger partial charge in [-0.3, -0.25) is 14.4 Å². The predicted octanol–water partition coefficient (Wildman–Crippen LogP) is 1.93. The largest absolute Gasteiger partial charge is 0.394 e. The predicted molar refractivity (Wildman–Crippen MR) is 155 cm³/mol. The summed E-state index contributed by atoms with van der Waals surface area (Å²) in [6.45, 7) is -0.0535. The second-order valence-corrected chi connectivity index (χ2v) is 11.4. The van der Waals surface area contributed by atoms with Crippen LogP contribution >= 0.6 is 0 Å². The molecular weight excluding hydrogens is 548 g/mol. The van der Waals surface area contributed by atoms with Crippen molar-refractivity contribution in [3.8, 4) is 0 Å². The summed E-state index contributed by atoms with van der Waals surface area (Å²) in [5, 5.41) is 24.9. The number of likely N-dealkylation sites (tertiary alicyclic amines) is 1. The molecule has 4 heterocycles. The lowest BCUT2D eigenvalue weighted by Crippen LogP contribution is -2.56. The number of aromatic nitrogens is 3. The summed E-state index contributed by atoms with van der Waals surface area (Å²) in [4.78, 5) is 43.7. The minimum atomic E-state index is -1.20. The highest BCUT2D eigenvalue weighted by molar-refractivity contribution is 5.99. The maximum Gasteiger partial charge on any atom is 0.247 e. The van der Waals surface area contributed by atoms with Crippen molar-refractivity contribution in [1.29, 1.82) is 0 Å². The fourth-order valence-electron chi connectivity index (χ4n) is 7.24. The zero-order chi connectivity index (χ0) is 29.6. The van der Waals surface area contributed by atoms with E-state index in [4.69, 9.17) is 4.74 Å². The number of nitrogens with one attached hydrogen (secondary N) is 2. The first-order valence-electron chi connectivity index (χ1n) is 14.6. The molecule has 11 nitrogen and oxygen atoms in total. The number of hydrogen-bond acceptors (Lipinski definition) is 7. The lowest BCUT2D eigenvalue weighted by atomic mass is 9.70. The van der Waals surface area contributed by atoms with E-state index in [9.17, 15) is 19.5 Å². The number of carbonyl (C=O) groups is 3. The Hall–Kier alpha value is -4.61. The second-order valence-electron chi connectivity index (χ2n) is 11.4. The van der Waals surface area contributed by atoms with Gasteiger partial charge in [-0.25, -0.2) is 4.68 Å².